The van der Waals surface area contributed by atoms with Gasteiger partial charge < -0.3 is 20.0 Å². The Labute approximate surface area is 171 Å². The maximum atomic E-state index is 4.94. The third-order valence-corrected chi connectivity index (χ3v) is 6.15. The van der Waals surface area contributed by atoms with E-state index >= 15 is 0 Å². The van der Waals surface area contributed by atoms with E-state index in [1.54, 1.807) is 0 Å². The van der Waals surface area contributed by atoms with Crippen molar-refractivity contribution in [3.63, 3.8) is 0 Å². The molecule has 156 valence electrons. The van der Waals surface area contributed by atoms with Gasteiger partial charge in [-0.3, -0.25) is 4.99 Å². The van der Waals surface area contributed by atoms with E-state index in [1.807, 2.05) is 0 Å². The molecule has 0 bridgehead atoms. The first-order valence-electron chi connectivity index (χ1n) is 11.3. The topological polar surface area (TPSA) is 34.1 Å². The zero-order chi connectivity index (χ0) is 19.6. The highest BCUT2D eigenvalue weighted by molar-refractivity contribution is 5.80. The predicted octanol–water partition coefficient (Wildman–Crippen LogP) is 2.86. The summed E-state index contributed by atoms with van der Waals surface area (Å²) in [5.41, 5.74) is 1.46. The molecule has 1 atom stereocenters. The Morgan fingerprint density at radius 3 is 2.46 bits per heavy atom. The molecule has 2 aliphatic rings. The van der Waals surface area contributed by atoms with Crippen LogP contribution in [0.25, 0.3) is 0 Å². The third-order valence-electron chi connectivity index (χ3n) is 6.15. The lowest BCUT2D eigenvalue weighted by molar-refractivity contribution is 0.136. The monoisotopic (exact) mass is 385 g/mol. The Hall–Kier alpha value is -1.59. The fraction of sp³-hybridized carbons (Fsp3) is 0.696. The van der Waals surface area contributed by atoms with Gasteiger partial charge in [-0.2, -0.15) is 0 Å². The van der Waals surface area contributed by atoms with Crippen molar-refractivity contribution in [3.8, 4) is 0 Å². The van der Waals surface area contributed by atoms with Crippen molar-refractivity contribution in [2.75, 3.05) is 65.4 Å². The molecular weight excluding hydrogens is 346 g/mol. The third kappa shape index (κ3) is 6.21. The maximum Gasteiger partial charge on any atom is 0.193 e. The van der Waals surface area contributed by atoms with Crippen LogP contribution in [0.4, 0.5) is 0 Å². The van der Waals surface area contributed by atoms with Crippen LogP contribution in [0.3, 0.4) is 0 Å². The fourth-order valence-corrected chi connectivity index (χ4v) is 4.34. The molecule has 0 aromatic heterocycles. The van der Waals surface area contributed by atoms with Crippen molar-refractivity contribution in [1.82, 2.24) is 20.0 Å². The van der Waals surface area contributed by atoms with Crippen molar-refractivity contribution in [2.45, 2.75) is 39.0 Å². The van der Waals surface area contributed by atoms with Crippen LogP contribution in [0.1, 0.15) is 44.6 Å². The summed E-state index contributed by atoms with van der Waals surface area (Å²) in [7, 11) is 0. The highest BCUT2D eigenvalue weighted by Gasteiger charge is 2.25. The Morgan fingerprint density at radius 2 is 1.75 bits per heavy atom. The van der Waals surface area contributed by atoms with Gasteiger partial charge >= 0.3 is 0 Å². The number of benzene rings is 1. The molecule has 1 unspecified atom stereocenters. The number of unbranched alkanes of at least 4 members (excludes halogenated alkanes) is 1. The number of guanidine groups is 1. The SMILES string of the molecule is CCNC(=NCCCCN1CCN(CC)CC1)N1CCC(c2ccccc2)C1. The minimum Gasteiger partial charge on any atom is -0.357 e. The minimum atomic E-state index is 0.631. The van der Waals surface area contributed by atoms with Crippen LogP contribution < -0.4 is 5.32 Å². The van der Waals surface area contributed by atoms with Crippen LogP contribution in [-0.2, 0) is 0 Å². The standard InChI is InChI=1S/C23H39N5/c1-3-24-23(28-15-12-22(20-28)21-10-6-5-7-11-21)25-13-8-9-14-27-18-16-26(4-2)17-19-27/h5-7,10-11,22H,3-4,8-9,12-20H2,1-2H3,(H,24,25). The zero-order valence-electron chi connectivity index (χ0n) is 17.9. The molecule has 1 aromatic rings. The summed E-state index contributed by atoms with van der Waals surface area (Å²) in [6.07, 6.45) is 3.65. The molecule has 2 fully saturated rings. The van der Waals surface area contributed by atoms with Crippen LogP contribution in [0.5, 0.6) is 0 Å². The van der Waals surface area contributed by atoms with Crippen molar-refractivity contribution in [1.29, 1.82) is 0 Å². The van der Waals surface area contributed by atoms with E-state index in [9.17, 15) is 0 Å². The second-order valence-corrected chi connectivity index (χ2v) is 8.06. The molecule has 5 nitrogen and oxygen atoms in total. The molecule has 0 aliphatic carbocycles. The van der Waals surface area contributed by atoms with Gasteiger partial charge in [0.05, 0.1) is 0 Å². The maximum absolute atomic E-state index is 4.94. The van der Waals surface area contributed by atoms with Gasteiger partial charge in [0.2, 0.25) is 0 Å². The van der Waals surface area contributed by atoms with Gasteiger partial charge in [0.1, 0.15) is 0 Å². The van der Waals surface area contributed by atoms with Crippen LogP contribution in [0.2, 0.25) is 0 Å². The molecular formula is C23H39N5. The fourth-order valence-electron chi connectivity index (χ4n) is 4.34. The van der Waals surface area contributed by atoms with Crippen molar-refractivity contribution >= 4 is 5.96 Å². The van der Waals surface area contributed by atoms with Crippen LogP contribution >= 0.6 is 0 Å². The summed E-state index contributed by atoms with van der Waals surface area (Å²) in [5.74, 6) is 1.74. The minimum absolute atomic E-state index is 0.631. The molecule has 1 N–H and O–H groups in total. The molecule has 2 aliphatic heterocycles. The Morgan fingerprint density at radius 1 is 1.00 bits per heavy atom. The number of aliphatic imine (C=N–C) groups is 1. The van der Waals surface area contributed by atoms with E-state index in [1.165, 1.54) is 64.1 Å². The molecule has 0 amide bonds. The van der Waals surface area contributed by atoms with Crippen molar-refractivity contribution in [2.24, 2.45) is 4.99 Å². The number of likely N-dealkylation sites (N-methyl/N-ethyl adjacent to an activating group) is 1. The summed E-state index contributed by atoms with van der Waals surface area (Å²) in [6.45, 7) is 15.8. The van der Waals surface area contributed by atoms with Gasteiger partial charge in [-0.25, -0.2) is 0 Å². The normalized spacial score (nSPS) is 22.0. The van der Waals surface area contributed by atoms with Crippen molar-refractivity contribution < 1.29 is 0 Å². The molecule has 3 rings (SSSR count). The lowest BCUT2D eigenvalue weighted by Gasteiger charge is -2.33. The Balaban J connectivity index is 1.39. The number of piperazine rings is 1. The first-order chi connectivity index (χ1) is 13.8. The Kier molecular flexibility index (Phi) is 8.62. The second kappa shape index (κ2) is 11.4. The molecule has 5 heteroatoms. The number of nitrogens with zero attached hydrogens (tertiary/aromatic N) is 4. The number of hydrogen-bond donors (Lipinski definition) is 1. The summed E-state index contributed by atoms with van der Waals surface area (Å²) in [6, 6.07) is 10.9. The van der Waals surface area contributed by atoms with E-state index in [0.717, 1.165) is 32.1 Å². The van der Waals surface area contributed by atoms with Crippen LogP contribution in [-0.4, -0.2) is 86.1 Å². The lowest BCUT2D eigenvalue weighted by atomic mass is 9.99. The van der Waals surface area contributed by atoms with Gasteiger partial charge in [0, 0.05) is 58.3 Å². The molecule has 0 saturated carbocycles. The zero-order valence-corrected chi connectivity index (χ0v) is 17.9. The highest BCUT2D eigenvalue weighted by Crippen LogP contribution is 2.26. The first kappa shape index (κ1) is 21.1. The summed E-state index contributed by atoms with van der Waals surface area (Å²) >= 11 is 0. The molecule has 28 heavy (non-hydrogen) atoms. The summed E-state index contributed by atoms with van der Waals surface area (Å²) < 4.78 is 0. The van der Waals surface area contributed by atoms with E-state index in [0.29, 0.717) is 5.92 Å². The van der Waals surface area contributed by atoms with Gasteiger partial charge in [0.25, 0.3) is 0 Å². The lowest BCUT2D eigenvalue weighted by Crippen LogP contribution is -2.46. The van der Waals surface area contributed by atoms with Crippen molar-refractivity contribution in [3.05, 3.63) is 35.9 Å². The average Bonchev–Trinajstić information content (AvgIpc) is 3.24. The van der Waals surface area contributed by atoms with Crippen LogP contribution in [0, 0.1) is 0 Å². The second-order valence-electron chi connectivity index (χ2n) is 8.06. The van der Waals surface area contributed by atoms with Gasteiger partial charge in [-0.1, -0.05) is 37.3 Å². The first-order valence-corrected chi connectivity index (χ1v) is 11.3. The van der Waals surface area contributed by atoms with E-state index < -0.39 is 0 Å². The highest BCUT2D eigenvalue weighted by atomic mass is 15.3. The van der Waals surface area contributed by atoms with Gasteiger partial charge in [0.15, 0.2) is 5.96 Å². The largest absolute Gasteiger partial charge is 0.357 e. The van der Waals surface area contributed by atoms with E-state index in [2.05, 4.69) is 64.2 Å². The smallest absolute Gasteiger partial charge is 0.193 e. The number of nitrogens with one attached hydrogen (secondary N) is 1. The molecule has 2 saturated heterocycles. The molecule has 0 radical (unpaired) electrons. The number of hydrogen-bond acceptors (Lipinski definition) is 3. The molecule has 1 aromatic carbocycles. The Bertz CT molecular complexity index is 580. The molecule has 2 heterocycles. The predicted molar refractivity (Wildman–Crippen MR) is 119 cm³/mol. The van der Waals surface area contributed by atoms with Gasteiger partial charge in [-0.15, -0.1) is 0 Å². The number of rotatable bonds is 8. The van der Waals surface area contributed by atoms with E-state index in [-0.39, 0.29) is 0 Å². The quantitative estimate of drug-likeness (QED) is 0.424. The summed E-state index contributed by atoms with van der Waals surface area (Å²) in [5, 5.41) is 3.51. The van der Waals surface area contributed by atoms with E-state index in [4.69, 9.17) is 4.99 Å². The van der Waals surface area contributed by atoms with Gasteiger partial charge in [-0.05, 0) is 44.8 Å². The average molecular weight is 386 g/mol. The van der Waals surface area contributed by atoms with Crippen LogP contribution in [0.15, 0.2) is 35.3 Å². The summed E-state index contributed by atoms with van der Waals surface area (Å²) in [4.78, 5) is 12.5. The number of likely N-dealkylation sites (tertiary alicyclic amines) is 1. The molecule has 0 spiro atoms.